The van der Waals surface area contributed by atoms with Crippen molar-refractivity contribution < 1.29 is 0 Å². The zero-order valence-corrected chi connectivity index (χ0v) is 20.4. The maximum Gasteiger partial charge on any atom is 0.0952 e. The molecular weight excluding hydrogens is 352 g/mol. The fourth-order valence-electron chi connectivity index (χ4n) is 4.54. The van der Waals surface area contributed by atoms with Gasteiger partial charge in [0.25, 0.3) is 0 Å². The molecule has 0 saturated carbocycles. The lowest BCUT2D eigenvalue weighted by molar-refractivity contribution is 0.397. The van der Waals surface area contributed by atoms with Crippen LogP contribution in [0.2, 0.25) is 0 Å². The molecule has 0 bridgehead atoms. The molecule has 2 unspecified atom stereocenters. The normalized spacial score (nSPS) is 13.7. The van der Waals surface area contributed by atoms with Gasteiger partial charge in [-0.05, 0) is 25.7 Å². The van der Waals surface area contributed by atoms with E-state index in [0.717, 1.165) is 0 Å². The molecule has 170 valence electrons. The van der Waals surface area contributed by atoms with Crippen LogP contribution in [0.3, 0.4) is 0 Å². The minimum absolute atomic E-state index is 0.663. The molecule has 0 fully saturated rings. The average Bonchev–Trinajstić information content (AvgIpc) is 3.21. The van der Waals surface area contributed by atoms with Gasteiger partial charge in [-0.15, -0.1) is 0 Å². The maximum absolute atomic E-state index is 4.95. The molecule has 0 aliphatic rings. The van der Waals surface area contributed by atoms with Crippen LogP contribution in [0.4, 0.5) is 0 Å². The Morgan fingerprint density at radius 1 is 0.621 bits per heavy atom. The number of hydrogen-bond acceptors (Lipinski definition) is 1. The molecule has 1 aromatic rings. The number of imidazole rings is 1. The minimum Gasteiger partial charge on any atom is -0.334 e. The summed E-state index contributed by atoms with van der Waals surface area (Å²) in [6, 6.07) is 0.663. The van der Waals surface area contributed by atoms with Crippen molar-refractivity contribution >= 4 is 0 Å². The first kappa shape index (κ1) is 26.2. The third-order valence-corrected chi connectivity index (χ3v) is 6.56. The molecule has 0 aromatic carbocycles. The molecule has 2 heteroatoms. The number of hydrogen-bond donors (Lipinski definition) is 0. The molecule has 0 aliphatic heterocycles. The predicted molar refractivity (Wildman–Crippen MR) is 130 cm³/mol. The zero-order valence-electron chi connectivity index (χ0n) is 20.4. The highest BCUT2D eigenvalue weighted by atomic mass is 15.1. The van der Waals surface area contributed by atoms with Crippen molar-refractivity contribution in [3.05, 3.63) is 18.2 Å². The molecule has 1 aromatic heterocycles. The summed E-state index contributed by atoms with van der Waals surface area (Å²) < 4.78 is 2.50. The van der Waals surface area contributed by atoms with Crippen molar-refractivity contribution in [3.63, 3.8) is 0 Å². The molecule has 1 rings (SSSR count). The van der Waals surface area contributed by atoms with E-state index in [0.29, 0.717) is 12.0 Å². The van der Waals surface area contributed by atoms with Gasteiger partial charge >= 0.3 is 0 Å². The van der Waals surface area contributed by atoms with E-state index in [9.17, 15) is 0 Å². The van der Waals surface area contributed by atoms with E-state index in [1.807, 2.05) is 0 Å². The van der Waals surface area contributed by atoms with E-state index in [-0.39, 0.29) is 0 Å². The first-order valence-corrected chi connectivity index (χ1v) is 13.3. The molecule has 2 atom stereocenters. The lowest BCUT2D eigenvalue weighted by Crippen LogP contribution is -2.08. The Morgan fingerprint density at radius 3 is 1.62 bits per heavy atom. The average molecular weight is 405 g/mol. The van der Waals surface area contributed by atoms with E-state index >= 15 is 0 Å². The van der Waals surface area contributed by atoms with Gasteiger partial charge in [0.05, 0.1) is 12.0 Å². The highest BCUT2D eigenvalue weighted by molar-refractivity contribution is 5.06. The first-order valence-electron chi connectivity index (χ1n) is 13.3. The van der Waals surface area contributed by atoms with Crippen LogP contribution >= 0.6 is 0 Å². The highest BCUT2D eigenvalue weighted by Gasteiger charge is 2.17. The van der Waals surface area contributed by atoms with E-state index in [2.05, 4.69) is 44.8 Å². The van der Waals surface area contributed by atoms with E-state index in [1.165, 1.54) is 121 Å². The fourth-order valence-corrected chi connectivity index (χ4v) is 4.54. The van der Waals surface area contributed by atoms with Crippen LogP contribution in [0.1, 0.15) is 161 Å². The fraction of sp³-hybridized carbons (Fsp3) is 0.889. The Labute approximate surface area is 183 Å². The van der Waals surface area contributed by atoms with Crippen molar-refractivity contribution in [2.45, 2.75) is 155 Å². The lowest BCUT2D eigenvalue weighted by Gasteiger charge is -2.19. The highest BCUT2D eigenvalue weighted by Crippen LogP contribution is 2.30. The Hall–Kier alpha value is -0.790. The SMILES string of the molecule is CCCCCCC(CCCCC)c1cn(C(CCCCC)CCCCCC)cn1. The molecule has 0 saturated heterocycles. The second kappa shape index (κ2) is 18.0. The smallest absolute Gasteiger partial charge is 0.0952 e. The van der Waals surface area contributed by atoms with Crippen molar-refractivity contribution in [3.8, 4) is 0 Å². The van der Waals surface area contributed by atoms with Gasteiger partial charge in [-0.25, -0.2) is 4.98 Å². The van der Waals surface area contributed by atoms with E-state index in [4.69, 9.17) is 4.98 Å². The maximum atomic E-state index is 4.95. The summed E-state index contributed by atoms with van der Waals surface area (Å²) in [6.07, 6.45) is 28.9. The second-order valence-electron chi connectivity index (χ2n) is 9.29. The molecule has 29 heavy (non-hydrogen) atoms. The van der Waals surface area contributed by atoms with Crippen molar-refractivity contribution in [1.29, 1.82) is 0 Å². The molecule has 2 nitrogen and oxygen atoms in total. The van der Waals surface area contributed by atoms with Gasteiger partial charge in [0.1, 0.15) is 0 Å². The quantitative estimate of drug-likeness (QED) is 0.198. The van der Waals surface area contributed by atoms with Gasteiger partial charge in [-0.2, -0.15) is 0 Å². The van der Waals surface area contributed by atoms with Gasteiger partial charge in [-0.3, -0.25) is 0 Å². The summed E-state index contributed by atoms with van der Waals surface area (Å²) in [6.45, 7) is 9.23. The van der Waals surface area contributed by atoms with Gasteiger partial charge in [-0.1, -0.05) is 118 Å². The third kappa shape index (κ3) is 11.8. The summed E-state index contributed by atoms with van der Waals surface area (Å²) >= 11 is 0. The number of unbranched alkanes of at least 4 members (excludes halogenated alkanes) is 10. The Morgan fingerprint density at radius 2 is 1.07 bits per heavy atom. The molecule has 0 N–H and O–H groups in total. The molecule has 0 amide bonds. The van der Waals surface area contributed by atoms with Gasteiger partial charge < -0.3 is 4.57 Å². The van der Waals surface area contributed by atoms with E-state index in [1.54, 1.807) is 0 Å². The minimum atomic E-state index is 0.663. The molecule has 0 radical (unpaired) electrons. The molecule has 0 spiro atoms. The lowest BCUT2D eigenvalue weighted by atomic mass is 9.92. The third-order valence-electron chi connectivity index (χ3n) is 6.56. The van der Waals surface area contributed by atoms with Crippen molar-refractivity contribution in [2.75, 3.05) is 0 Å². The van der Waals surface area contributed by atoms with Gasteiger partial charge in [0, 0.05) is 18.2 Å². The van der Waals surface area contributed by atoms with Crippen molar-refractivity contribution in [2.24, 2.45) is 0 Å². The Balaban J connectivity index is 2.72. The summed E-state index contributed by atoms with van der Waals surface area (Å²) in [7, 11) is 0. The standard InChI is InChI=1S/C27H52N2/c1-5-9-13-17-20-25(19-15-11-7-3)27-23-29(24-28-27)26(21-16-12-8-4)22-18-14-10-6-2/h23-26H,5-22H2,1-4H3. The van der Waals surface area contributed by atoms with Crippen LogP contribution in [0, 0.1) is 0 Å². The number of aromatic nitrogens is 2. The number of nitrogens with zero attached hydrogens (tertiary/aromatic N) is 2. The topological polar surface area (TPSA) is 17.8 Å². The number of rotatable bonds is 20. The largest absolute Gasteiger partial charge is 0.334 e. The van der Waals surface area contributed by atoms with Gasteiger partial charge in [0.2, 0.25) is 0 Å². The Bertz CT molecular complexity index is 424. The summed E-state index contributed by atoms with van der Waals surface area (Å²) in [4.78, 5) is 4.95. The summed E-state index contributed by atoms with van der Waals surface area (Å²) in [5.74, 6) is 0.677. The van der Waals surface area contributed by atoms with E-state index < -0.39 is 0 Å². The molecular formula is C27H52N2. The van der Waals surface area contributed by atoms with Crippen LogP contribution < -0.4 is 0 Å². The van der Waals surface area contributed by atoms with Crippen LogP contribution in [-0.4, -0.2) is 9.55 Å². The Kier molecular flexibility index (Phi) is 16.3. The van der Waals surface area contributed by atoms with Crippen LogP contribution in [-0.2, 0) is 0 Å². The van der Waals surface area contributed by atoms with Crippen LogP contribution in [0.25, 0.3) is 0 Å². The summed E-state index contributed by atoms with van der Waals surface area (Å²) in [5.41, 5.74) is 1.38. The zero-order chi connectivity index (χ0) is 21.2. The second-order valence-corrected chi connectivity index (χ2v) is 9.29. The van der Waals surface area contributed by atoms with Crippen LogP contribution in [0.5, 0.6) is 0 Å². The predicted octanol–water partition coefficient (Wildman–Crippen LogP) is 9.61. The monoisotopic (exact) mass is 404 g/mol. The summed E-state index contributed by atoms with van der Waals surface area (Å²) in [5, 5.41) is 0. The molecule has 1 heterocycles. The van der Waals surface area contributed by atoms with Crippen molar-refractivity contribution in [1.82, 2.24) is 9.55 Å². The first-order chi connectivity index (χ1) is 14.3. The van der Waals surface area contributed by atoms with Gasteiger partial charge in [0.15, 0.2) is 0 Å². The van der Waals surface area contributed by atoms with Crippen LogP contribution in [0.15, 0.2) is 12.5 Å². The molecule has 0 aliphatic carbocycles.